The van der Waals surface area contributed by atoms with Crippen LogP contribution in [0.25, 0.3) is 0 Å². The summed E-state index contributed by atoms with van der Waals surface area (Å²) in [6, 6.07) is 10.4. The summed E-state index contributed by atoms with van der Waals surface area (Å²) in [7, 11) is 0. The van der Waals surface area contributed by atoms with Gasteiger partial charge in [-0.15, -0.1) is 0 Å². The second kappa shape index (κ2) is 5.27. The Labute approximate surface area is 110 Å². The zero-order chi connectivity index (χ0) is 13.8. The predicted octanol–water partition coefficient (Wildman–Crippen LogP) is 2.77. The lowest BCUT2D eigenvalue weighted by Gasteiger charge is -2.08. The summed E-state index contributed by atoms with van der Waals surface area (Å²) < 4.78 is 5.14. The number of carbonyl (C=O) groups is 1. The highest BCUT2D eigenvalue weighted by molar-refractivity contribution is 5.84. The van der Waals surface area contributed by atoms with E-state index in [2.05, 4.69) is 11.4 Å². The summed E-state index contributed by atoms with van der Waals surface area (Å²) in [5.41, 5.74) is 2.40. The molecule has 1 heterocycles. The number of aromatic carboxylic acids is 1. The number of aryl methyl sites for hydroxylation is 1. The molecule has 5 heteroatoms. The van der Waals surface area contributed by atoms with E-state index in [1.54, 1.807) is 18.2 Å². The molecule has 19 heavy (non-hydrogen) atoms. The monoisotopic (exact) mass is 256 g/mol. The minimum atomic E-state index is -1.09. The number of nitriles is 1. The van der Waals surface area contributed by atoms with E-state index in [9.17, 15) is 4.79 Å². The minimum absolute atomic E-state index is 0.0840. The Morgan fingerprint density at radius 1 is 1.42 bits per heavy atom. The fraction of sp³-hybridized carbons (Fsp3) is 0.143. The van der Waals surface area contributed by atoms with Crippen LogP contribution in [0.1, 0.15) is 27.4 Å². The van der Waals surface area contributed by atoms with Crippen LogP contribution in [0, 0.1) is 18.3 Å². The molecular formula is C14H12N2O3. The molecule has 0 aliphatic heterocycles. The minimum Gasteiger partial charge on any atom is -0.475 e. The third kappa shape index (κ3) is 2.93. The Balaban J connectivity index is 2.09. The molecule has 0 bridgehead atoms. The topological polar surface area (TPSA) is 86.3 Å². The Kier molecular flexibility index (Phi) is 3.53. The lowest BCUT2D eigenvalue weighted by Crippen LogP contribution is -2.00. The lowest BCUT2D eigenvalue weighted by molar-refractivity contribution is 0.0660. The number of benzene rings is 1. The highest BCUT2D eigenvalue weighted by Crippen LogP contribution is 2.18. The first kappa shape index (κ1) is 12.7. The zero-order valence-electron chi connectivity index (χ0n) is 10.3. The summed E-state index contributed by atoms with van der Waals surface area (Å²) in [5, 5.41) is 20.7. The van der Waals surface area contributed by atoms with Crippen molar-refractivity contribution in [3.05, 3.63) is 53.0 Å². The number of nitrogens with zero attached hydrogens (tertiary/aromatic N) is 1. The van der Waals surface area contributed by atoms with Gasteiger partial charge in [-0.3, -0.25) is 0 Å². The zero-order valence-corrected chi connectivity index (χ0v) is 10.3. The van der Waals surface area contributed by atoms with E-state index in [0.29, 0.717) is 17.9 Å². The Morgan fingerprint density at radius 2 is 2.21 bits per heavy atom. The molecule has 0 radical (unpaired) electrons. The first-order valence-corrected chi connectivity index (χ1v) is 5.67. The number of furan rings is 1. The quantitative estimate of drug-likeness (QED) is 0.878. The summed E-state index contributed by atoms with van der Waals surface area (Å²) in [6.07, 6.45) is 0. The molecule has 2 N–H and O–H groups in total. The SMILES string of the molecule is Cc1ccc(C#N)cc1NCc1ccc(C(=O)O)o1. The van der Waals surface area contributed by atoms with Crippen LogP contribution >= 0.6 is 0 Å². The van der Waals surface area contributed by atoms with E-state index < -0.39 is 5.97 Å². The van der Waals surface area contributed by atoms with Crippen LogP contribution < -0.4 is 5.32 Å². The van der Waals surface area contributed by atoms with Crippen LogP contribution in [0.15, 0.2) is 34.7 Å². The third-order valence-electron chi connectivity index (χ3n) is 2.69. The van der Waals surface area contributed by atoms with Gasteiger partial charge in [0.15, 0.2) is 0 Å². The average molecular weight is 256 g/mol. The van der Waals surface area contributed by atoms with Gasteiger partial charge in [-0.25, -0.2) is 4.79 Å². The van der Waals surface area contributed by atoms with Gasteiger partial charge in [-0.2, -0.15) is 5.26 Å². The second-order valence-electron chi connectivity index (χ2n) is 4.07. The van der Waals surface area contributed by atoms with Gasteiger partial charge in [0.1, 0.15) is 5.76 Å². The summed E-state index contributed by atoms with van der Waals surface area (Å²) in [5.74, 6) is -0.646. The van der Waals surface area contributed by atoms with Crippen molar-refractivity contribution in [1.82, 2.24) is 0 Å². The van der Waals surface area contributed by atoms with Gasteiger partial charge in [-0.1, -0.05) is 6.07 Å². The van der Waals surface area contributed by atoms with Crippen LogP contribution in [0.3, 0.4) is 0 Å². The van der Waals surface area contributed by atoms with Gasteiger partial charge in [0.2, 0.25) is 5.76 Å². The lowest BCUT2D eigenvalue weighted by atomic mass is 10.1. The molecule has 0 aliphatic rings. The molecule has 0 spiro atoms. The normalized spacial score (nSPS) is 9.89. The van der Waals surface area contributed by atoms with Crippen LogP contribution in [0.4, 0.5) is 5.69 Å². The number of hydrogen-bond donors (Lipinski definition) is 2. The highest BCUT2D eigenvalue weighted by Gasteiger charge is 2.09. The fourth-order valence-corrected chi connectivity index (χ4v) is 1.65. The molecule has 2 rings (SSSR count). The van der Waals surface area contributed by atoms with Crippen LogP contribution in [0.5, 0.6) is 0 Å². The summed E-state index contributed by atoms with van der Waals surface area (Å²) in [6.45, 7) is 2.29. The smallest absolute Gasteiger partial charge is 0.371 e. The molecule has 96 valence electrons. The molecule has 1 aromatic heterocycles. The molecule has 0 saturated carbocycles. The van der Waals surface area contributed by atoms with Gasteiger partial charge < -0.3 is 14.8 Å². The second-order valence-corrected chi connectivity index (χ2v) is 4.07. The Bertz CT molecular complexity index is 653. The van der Waals surface area contributed by atoms with E-state index in [1.165, 1.54) is 6.07 Å². The van der Waals surface area contributed by atoms with Crippen molar-refractivity contribution in [3.63, 3.8) is 0 Å². The van der Waals surface area contributed by atoms with Gasteiger partial charge in [0.05, 0.1) is 18.2 Å². The average Bonchev–Trinajstić information content (AvgIpc) is 2.87. The molecule has 0 fully saturated rings. The van der Waals surface area contributed by atoms with Crippen molar-refractivity contribution in [1.29, 1.82) is 5.26 Å². The molecule has 1 aromatic carbocycles. The van der Waals surface area contributed by atoms with E-state index in [0.717, 1.165) is 11.3 Å². The first-order valence-electron chi connectivity index (χ1n) is 5.67. The van der Waals surface area contributed by atoms with Crippen molar-refractivity contribution in [3.8, 4) is 6.07 Å². The van der Waals surface area contributed by atoms with Gasteiger partial charge in [-0.05, 0) is 36.8 Å². The van der Waals surface area contributed by atoms with Gasteiger partial charge in [0, 0.05) is 5.69 Å². The Hall–Kier alpha value is -2.74. The number of nitrogens with one attached hydrogen (secondary N) is 1. The molecule has 0 atom stereocenters. The van der Waals surface area contributed by atoms with E-state index in [-0.39, 0.29) is 5.76 Å². The molecular weight excluding hydrogens is 244 g/mol. The van der Waals surface area contributed by atoms with Crippen molar-refractivity contribution < 1.29 is 14.3 Å². The van der Waals surface area contributed by atoms with Crippen LogP contribution in [0.2, 0.25) is 0 Å². The first-order chi connectivity index (χ1) is 9.10. The molecule has 0 amide bonds. The number of hydrogen-bond acceptors (Lipinski definition) is 4. The van der Waals surface area contributed by atoms with Crippen molar-refractivity contribution in [2.45, 2.75) is 13.5 Å². The summed E-state index contributed by atoms with van der Waals surface area (Å²) >= 11 is 0. The number of carboxylic acid groups (broad SMARTS) is 1. The van der Waals surface area contributed by atoms with E-state index in [4.69, 9.17) is 14.8 Å². The maximum atomic E-state index is 10.7. The molecule has 0 saturated heterocycles. The predicted molar refractivity (Wildman–Crippen MR) is 68.9 cm³/mol. The van der Waals surface area contributed by atoms with E-state index >= 15 is 0 Å². The molecule has 0 unspecified atom stereocenters. The van der Waals surface area contributed by atoms with Gasteiger partial charge in [0.25, 0.3) is 0 Å². The highest BCUT2D eigenvalue weighted by atomic mass is 16.4. The van der Waals surface area contributed by atoms with Crippen LogP contribution in [-0.4, -0.2) is 11.1 Å². The van der Waals surface area contributed by atoms with Crippen molar-refractivity contribution >= 4 is 11.7 Å². The van der Waals surface area contributed by atoms with Crippen molar-refractivity contribution in [2.75, 3.05) is 5.32 Å². The largest absolute Gasteiger partial charge is 0.475 e. The molecule has 2 aromatic rings. The van der Waals surface area contributed by atoms with Crippen LogP contribution in [-0.2, 0) is 6.54 Å². The maximum absolute atomic E-state index is 10.7. The molecule has 0 aliphatic carbocycles. The number of rotatable bonds is 4. The summed E-state index contributed by atoms with van der Waals surface area (Å²) in [4.78, 5) is 10.7. The third-order valence-corrected chi connectivity index (χ3v) is 2.69. The van der Waals surface area contributed by atoms with E-state index in [1.807, 2.05) is 13.0 Å². The fourth-order valence-electron chi connectivity index (χ4n) is 1.65. The molecule has 5 nitrogen and oxygen atoms in total. The van der Waals surface area contributed by atoms with Gasteiger partial charge >= 0.3 is 5.97 Å². The standard InChI is InChI=1S/C14H12N2O3/c1-9-2-3-10(7-15)6-12(9)16-8-11-4-5-13(19-11)14(17)18/h2-6,16H,8H2,1H3,(H,17,18). The Morgan fingerprint density at radius 3 is 2.84 bits per heavy atom. The van der Waals surface area contributed by atoms with Crippen molar-refractivity contribution in [2.24, 2.45) is 0 Å². The maximum Gasteiger partial charge on any atom is 0.371 e. The number of anilines is 1. The number of carboxylic acids is 1.